The third kappa shape index (κ3) is 3.51. The molecule has 0 amide bonds. The van der Waals surface area contributed by atoms with Crippen molar-refractivity contribution in [2.24, 2.45) is 0 Å². The van der Waals surface area contributed by atoms with Gasteiger partial charge in [0, 0.05) is 18.7 Å². The Labute approximate surface area is 148 Å². The van der Waals surface area contributed by atoms with Crippen molar-refractivity contribution in [3.05, 3.63) is 42.5 Å². The summed E-state index contributed by atoms with van der Waals surface area (Å²) in [6, 6.07) is 11.7. The third-order valence-electron chi connectivity index (χ3n) is 3.81. The van der Waals surface area contributed by atoms with Gasteiger partial charge in [0.1, 0.15) is 19.0 Å². The SMILES string of the molecule is CCOc1cccc(N(CC)S(=O)(=O)c2ccc3c(c2)OCCO3)c1. The second-order valence-corrected chi connectivity index (χ2v) is 7.27. The summed E-state index contributed by atoms with van der Waals surface area (Å²) in [5.41, 5.74) is 0.559. The van der Waals surface area contributed by atoms with E-state index in [1.54, 1.807) is 37.3 Å². The molecule has 7 heteroatoms. The van der Waals surface area contributed by atoms with E-state index in [4.69, 9.17) is 14.2 Å². The molecule has 0 aliphatic carbocycles. The Morgan fingerprint density at radius 2 is 1.80 bits per heavy atom. The molecule has 25 heavy (non-hydrogen) atoms. The number of sulfonamides is 1. The lowest BCUT2D eigenvalue weighted by Gasteiger charge is -2.25. The maximum atomic E-state index is 13.1. The molecule has 2 aromatic rings. The highest BCUT2D eigenvalue weighted by atomic mass is 32.2. The van der Waals surface area contributed by atoms with Crippen LogP contribution in [0.15, 0.2) is 47.4 Å². The van der Waals surface area contributed by atoms with Gasteiger partial charge in [0.25, 0.3) is 10.0 Å². The molecule has 0 bridgehead atoms. The summed E-state index contributed by atoms with van der Waals surface area (Å²) >= 11 is 0. The predicted octanol–water partition coefficient (Wildman–Crippen LogP) is 3.07. The number of anilines is 1. The summed E-state index contributed by atoms with van der Waals surface area (Å²) in [4.78, 5) is 0.167. The zero-order chi connectivity index (χ0) is 17.9. The predicted molar refractivity (Wildman–Crippen MR) is 95.2 cm³/mol. The van der Waals surface area contributed by atoms with Gasteiger partial charge in [-0.3, -0.25) is 4.31 Å². The van der Waals surface area contributed by atoms with Crippen LogP contribution in [0, 0.1) is 0 Å². The number of fused-ring (bicyclic) bond motifs is 1. The Hall–Kier alpha value is -2.41. The van der Waals surface area contributed by atoms with Gasteiger partial charge in [0.05, 0.1) is 17.2 Å². The van der Waals surface area contributed by atoms with Gasteiger partial charge in [-0.2, -0.15) is 0 Å². The average Bonchev–Trinajstić information content (AvgIpc) is 2.62. The van der Waals surface area contributed by atoms with Gasteiger partial charge in [-0.15, -0.1) is 0 Å². The Balaban J connectivity index is 1.98. The van der Waals surface area contributed by atoms with E-state index in [-0.39, 0.29) is 4.90 Å². The number of rotatable bonds is 6. The van der Waals surface area contributed by atoms with E-state index in [1.807, 2.05) is 6.92 Å². The molecular formula is C18H21NO5S. The molecule has 0 radical (unpaired) electrons. The molecule has 0 N–H and O–H groups in total. The molecule has 0 unspecified atom stereocenters. The Morgan fingerprint density at radius 3 is 2.52 bits per heavy atom. The van der Waals surface area contributed by atoms with E-state index in [9.17, 15) is 8.42 Å². The van der Waals surface area contributed by atoms with Crippen LogP contribution in [0.2, 0.25) is 0 Å². The minimum absolute atomic E-state index is 0.167. The van der Waals surface area contributed by atoms with Crippen molar-refractivity contribution in [2.45, 2.75) is 18.7 Å². The van der Waals surface area contributed by atoms with Crippen molar-refractivity contribution in [1.82, 2.24) is 0 Å². The maximum absolute atomic E-state index is 13.1. The first-order valence-corrected chi connectivity index (χ1v) is 9.65. The molecule has 3 rings (SSSR count). The summed E-state index contributed by atoms with van der Waals surface area (Å²) in [6.45, 7) is 5.37. The molecule has 0 aromatic heterocycles. The van der Waals surface area contributed by atoms with Crippen LogP contribution in [-0.4, -0.2) is 34.8 Å². The van der Waals surface area contributed by atoms with Gasteiger partial charge in [-0.05, 0) is 38.1 Å². The van der Waals surface area contributed by atoms with Gasteiger partial charge >= 0.3 is 0 Å². The Kier molecular flexibility index (Phi) is 5.03. The van der Waals surface area contributed by atoms with Crippen molar-refractivity contribution in [3.8, 4) is 17.2 Å². The van der Waals surface area contributed by atoms with Crippen LogP contribution >= 0.6 is 0 Å². The summed E-state index contributed by atoms with van der Waals surface area (Å²) in [5.74, 6) is 1.65. The average molecular weight is 363 g/mol. The second-order valence-electron chi connectivity index (χ2n) is 5.41. The van der Waals surface area contributed by atoms with Crippen LogP contribution in [0.25, 0.3) is 0 Å². The lowest BCUT2D eigenvalue weighted by Crippen LogP contribution is -2.31. The highest BCUT2D eigenvalue weighted by Gasteiger charge is 2.26. The molecule has 6 nitrogen and oxygen atoms in total. The molecule has 0 atom stereocenters. The van der Waals surface area contributed by atoms with Crippen LogP contribution in [-0.2, 0) is 10.0 Å². The first-order chi connectivity index (χ1) is 12.1. The summed E-state index contributed by atoms with van der Waals surface area (Å²) in [7, 11) is -3.73. The zero-order valence-electron chi connectivity index (χ0n) is 14.3. The van der Waals surface area contributed by atoms with E-state index >= 15 is 0 Å². The minimum Gasteiger partial charge on any atom is -0.494 e. The second kappa shape index (κ2) is 7.23. The van der Waals surface area contributed by atoms with E-state index in [0.717, 1.165) is 0 Å². The summed E-state index contributed by atoms with van der Waals surface area (Å²) < 4.78 is 44.0. The van der Waals surface area contributed by atoms with Gasteiger partial charge in [0.15, 0.2) is 11.5 Å². The highest BCUT2D eigenvalue weighted by molar-refractivity contribution is 7.92. The Morgan fingerprint density at radius 1 is 1.04 bits per heavy atom. The lowest BCUT2D eigenvalue weighted by atomic mass is 10.3. The van der Waals surface area contributed by atoms with Crippen LogP contribution in [0.4, 0.5) is 5.69 Å². The van der Waals surface area contributed by atoms with Gasteiger partial charge < -0.3 is 14.2 Å². The quantitative estimate of drug-likeness (QED) is 0.789. The van der Waals surface area contributed by atoms with E-state index in [2.05, 4.69) is 0 Å². The van der Waals surface area contributed by atoms with Gasteiger partial charge in [-0.1, -0.05) is 6.07 Å². The third-order valence-corrected chi connectivity index (χ3v) is 5.70. The van der Waals surface area contributed by atoms with Gasteiger partial charge in [0.2, 0.25) is 0 Å². The van der Waals surface area contributed by atoms with Crippen molar-refractivity contribution in [2.75, 3.05) is 30.7 Å². The molecule has 0 fully saturated rings. The fourth-order valence-corrected chi connectivity index (χ4v) is 4.18. The molecule has 2 aromatic carbocycles. The molecule has 0 saturated carbocycles. The minimum atomic E-state index is -3.73. The number of hydrogen-bond acceptors (Lipinski definition) is 5. The number of nitrogens with zero attached hydrogens (tertiary/aromatic N) is 1. The van der Waals surface area contributed by atoms with Crippen molar-refractivity contribution in [1.29, 1.82) is 0 Å². The maximum Gasteiger partial charge on any atom is 0.264 e. The fourth-order valence-electron chi connectivity index (χ4n) is 2.70. The van der Waals surface area contributed by atoms with Crippen molar-refractivity contribution < 1.29 is 22.6 Å². The number of benzene rings is 2. The first-order valence-electron chi connectivity index (χ1n) is 8.21. The molecule has 134 valence electrons. The normalized spacial score (nSPS) is 13.4. The van der Waals surface area contributed by atoms with E-state index < -0.39 is 10.0 Å². The molecule has 1 heterocycles. The summed E-state index contributed by atoms with van der Waals surface area (Å²) in [5, 5.41) is 0. The highest BCUT2D eigenvalue weighted by Crippen LogP contribution is 2.34. The van der Waals surface area contributed by atoms with E-state index in [1.165, 1.54) is 16.4 Å². The van der Waals surface area contributed by atoms with Crippen LogP contribution in [0.3, 0.4) is 0 Å². The number of ether oxygens (including phenoxy) is 3. The first kappa shape index (κ1) is 17.4. The monoisotopic (exact) mass is 363 g/mol. The smallest absolute Gasteiger partial charge is 0.264 e. The fraction of sp³-hybridized carbons (Fsp3) is 0.333. The summed E-state index contributed by atoms with van der Waals surface area (Å²) in [6.07, 6.45) is 0. The Bertz CT molecular complexity index is 850. The molecule has 1 aliphatic heterocycles. The molecule has 0 spiro atoms. The molecule has 1 aliphatic rings. The molecule has 0 saturated heterocycles. The van der Waals surface area contributed by atoms with E-state index in [0.29, 0.717) is 49.3 Å². The van der Waals surface area contributed by atoms with Crippen LogP contribution in [0.5, 0.6) is 17.2 Å². The number of hydrogen-bond donors (Lipinski definition) is 0. The van der Waals surface area contributed by atoms with Crippen molar-refractivity contribution in [3.63, 3.8) is 0 Å². The largest absolute Gasteiger partial charge is 0.494 e. The van der Waals surface area contributed by atoms with Gasteiger partial charge in [-0.25, -0.2) is 8.42 Å². The zero-order valence-corrected chi connectivity index (χ0v) is 15.1. The topological polar surface area (TPSA) is 65.1 Å². The van der Waals surface area contributed by atoms with Crippen molar-refractivity contribution >= 4 is 15.7 Å². The molecular weight excluding hydrogens is 342 g/mol. The van der Waals surface area contributed by atoms with Crippen LogP contribution < -0.4 is 18.5 Å². The standard InChI is InChI=1S/C18H21NO5S/c1-3-19(14-6-5-7-15(12-14)22-4-2)25(20,21)16-8-9-17-18(13-16)24-11-10-23-17/h5-9,12-13H,3-4,10-11H2,1-2H3. The van der Waals surface area contributed by atoms with Crippen LogP contribution in [0.1, 0.15) is 13.8 Å². The lowest BCUT2D eigenvalue weighted by molar-refractivity contribution is 0.171.